The normalized spacial score (nSPS) is 14.7. The van der Waals surface area contributed by atoms with Crippen LogP contribution in [0, 0.1) is 58.2 Å². The third-order valence-electron chi connectivity index (χ3n) is 6.92. The van der Waals surface area contributed by atoms with E-state index in [0.29, 0.717) is 17.2 Å². The molecule has 1 atom stereocenters. The minimum absolute atomic E-state index is 0.106. The second-order valence-corrected chi connectivity index (χ2v) is 9.17. The SMILES string of the molecule is Fc1ccc2c(c1F)-c1c(F)c(F)c(F)c(B(Oc3c(F)c(F)c(F)c(F)c3F)OC3C=Cc4ccccc43)c1C2. The smallest absolute Gasteiger partial charge is 0.528 e. The molecule has 2 aliphatic carbocycles. The molecule has 0 bridgehead atoms. The first-order valence-corrected chi connectivity index (χ1v) is 11.8. The molecule has 0 N–H and O–H groups in total. The predicted octanol–water partition coefficient (Wildman–Crippen LogP) is 7.21. The van der Waals surface area contributed by atoms with Crippen molar-refractivity contribution >= 4 is 18.7 Å². The molecular weight excluding hydrogens is 569 g/mol. The average Bonchev–Trinajstić information content (AvgIpc) is 3.56. The lowest BCUT2D eigenvalue weighted by Gasteiger charge is -2.23. The molecule has 4 aromatic carbocycles. The number of hydrogen-bond donors (Lipinski definition) is 0. The van der Waals surface area contributed by atoms with Gasteiger partial charge in [0.1, 0.15) is 0 Å². The van der Waals surface area contributed by atoms with Crippen LogP contribution in [0.25, 0.3) is 17.2 Å². The molecule has 2 nitrogen and oxygen atoms in total. The number of fused-ring (bicyclic) bond motifs is 4. The predicted molar refractivity (Wildman–Crippen MR) is 126 cm³/mol. The van der Waals surface area contributed by atoms with E-state index in [0.717, 1.165) is 6.07 Å². The van der Waals surface area contributed by atoms with Crippen molar-refractivity contribution in [3.05, 3.63) is 123 Å². The zero-order chi connectivity index (χ0) is 29.3. The van der Waals surface area contributed by atoms with Gasteiger partial charge in [-0.25, -0.2) is 35.1 Å². The van der Waals surface area contributed by atoms with Gasteiger partial charge >= 0.3 is 7.12 Å². The Morgan fingerprint density at radius 2 is 1.27 bits per heavy atom. The van der Waals surface area contributed by atoms with Gasteiger partial charge in [0.05, 0.1) is 6.10 Å². The summed E-state index contributed by atoms with van der Waals surface area (Å²) in [5.74, 6) is -23.2. The Labute approximate surface area is 224 Å². The topological polar surface area (TPSA) is 18.5 Å². The van der Waals surface area contributed by atoms with Crippen LogP contribution in [0.15, 0.2) is 42.5 Å². The van der Waals surface area contributed by atoms with Crippen molar-refractivity contribution in [2.75, 3.05) is 0 Å². The van der Waals surface area contributed by atoms with Gasteiger partial charge in [-0.1, -0.05) is 42.5 Å². The van der Waals surface area contributed by atoms with Gasteiger partial charge in [-0.05, 0) is 34.7 Å². The Morgan fingerprint density at radius 1 is 0.634 bits per heavy atom. The lowest BCUT2D eigenvalue weighted by molar-refractivity contribution is 0.217. The summed E-state index contributed by atoms with van der Waals surface area (Å²) >= 11 is 0. The highest BCUT2D eigenvalue weighted by Gasteiger charge is 2.43. The zero-order valence-corrected chi connectivity index (χ0v) is 20.1. The van der Waals surface area contributed by atoms with Gasteiger partial charge in [0.25, 0.3) is 0 Å². The third-order valence-corrected chi connectivity index (χ3v) is 6.92. The van der Waals surface area contributed by atoms with Crippen LogP contribution in [-0.2, 0) is 11.1 Å². The Hall–Kier alpha value is -4.26. The largest absolute Gasteiger partial charge is 0.567 e. The Bertz CT molecular complexity index is 1780. The molecular formula is C28H11BF10O2. The van der Waals surface area contributed by atoms with E-state index >= 15 is 8.78 Å². The molecule has 0 fully saturated rings. The highest BCUT2D eigenvalue weighted by Crippen LogP contribution is 2.42. The summed E-state index contributed by atoms with van der Waals surface area (Å²) in [5.41, 5.74) is -2.39. The van der Waals surface area contributed by atoms with Gasteiger partial charge in [-0.3, -0.25) is 0 Å². The van der Waals surface area contributed by atoms with Crippen LogP contribution in [0.5, 0.6) is 5.75 Å². The van der Waals surface area contributed by atoms with Crippen LogP contribution in [0.2, 0.25) is 0 Å². The van der Waals surface area contributed by atoms with E-state index in [1.54, 1.807) is 18.2 Å². The molecule has 0 aromatic heterocycles. The van der Waals surface area contributed by atoms with Gasteiger partial charge < -0.3 is 9.31 Å². The van der Waals surface area contributed by atoms with Crippen LogP contribution >= 0.6 is 0 Å². The maximum absolute atomic E-state index is 15.5. The fourth-order valence-electron chi connectivity index (χ4n) is 5.03. The monoisotopic (exact) mass is 580 g/mol. The van der Waals surface area contributed by atoms with Crippen molar-refractivity contribution < 1.29 is 53.2 Å². The minimum atomic E-state index is -2.51. The maximum atomic E-state index is 15.5. The molecule has 0 amide bonds. The second-order valence-electron chi connectivity index (χ2n) is 9.17. The first-order valence-electron chi connectivity index (χ1n) is 11.8. The van der Waals surface area contributed by atoms with E-state index in [2.05, 4.69) is 0 Å². The van der Waals surface area contributed by atoms with Crippen molar-refractivity contribution in [2.45, 2.75) is 12.5 Å². The summed E-state index contributed by atoms with van der Waals surface area (Å²) in [6, 6.07) is 8.13. The molecule has 41 heavy (non-hydrogen) atoms. The Balaban J connectivity index is 1.57. The highest BCUT2D eigenvalue weighted by atomic mass is 19.2. The van der Waals surface area contributed by atoms with Crippen LogP contribution in [0.3, 0.4) is 0 Å². The molecule has 0 heterocycles. The van der Waals surface area contributed by atoms with Crippen molar-refractivity contribution in [3.63, 3.8) is 0 Å². The number of rotatable bonds is 5. The number of benzene rings is 4. The lowest BCUT2D eigenvalue weighted by Crippen LogP contribution is -2.46. The first-order chi connectivity index (χ1) is 19.5. The van der Waals surface area contributed by atoms with Gasteiger partial charge in [-0.15, -0.1) is 0 Å². The Kier molecular flexibility index (Phi) is 6.36. The van der Waals surface area contributed by atoms with Crippen LogP contribution in [-0.4, -0.2) is 7.12 Å². The molecule has 4 aromatic rings. The molecule has 0 aliphatic heterocycles. The molecule has 0 spiro atoms. The summed E-state index contributed by atoms with van der Waals surface area (Å²) < 4.78 is 156. The molecule has 6 rings (SSSR count). The van der Waals surface area contributed by atoms with E-state index < -0.39 is 106 Å². The summed E-state index contributed by atoms with van der Waals surface area (Å²) in [5, 5.41) is 0. The van der Waals surface area contributed by atoms with Crippen molar-refractivity contribution in [2.24, 2.45) is 0 Å². The molecule has 208 valence electrons. The molecule has 13 heteroatoms. The van der Waals surface area contributed by atoms with Crippen molar-refractivity contribution in [3.8, 4) is 16.9 Å². The van der Waals surface area contributed by atoms with Crippen LogP contribution in [0.4, 0.5) is 43.9 Å². The third kappa shape index (κ3) is 4.01. The lowest BCUT2D eigenvalue weighted by atomic mass is 9.73. The fraction of sp³-hybridized carbons (Fsp3) is 0.0714. The van der Waals surface area contributed by atoms with Crippen molar-refractivity contribution in [1.82, 2.24) is 0 Å². The van der Waals surface area contributed by atoms with Gasteiger partial charge in [0.2, 0.25) is 29.1 Å². The summed E-state index contributed by atoms with van der Waals surface area (Å²) in [4.78, 5) is 0. The number of hydrogen-bond acceptors (Lipinski definition) is 2. The second kappa shape index (κ2) is 9.69. The van der Waals surface area contributed by atoms with E-state index in [4.69, 9.17) is 9.31 Å². The van der Waals surface area contributed by atoms with Gasteiger partial charge in [0.15, 0.2) is 34.8 Å². The minimum Gasteiger partial charge on any atom is -0.528 e. The maximum Gasteiger partial charge on any atom is 0.567 e. The number of halogens is 10. The fourth-order valence-corrected chi connectivity index (χ4v) is 5.03. The molecule has 0 radical (unpaired) electrons. The molecule has 0 saturated heterocycles. The standard InChI is InChI=1S/C28H11BF10O2/c30-14-7-5-11-9-13-17(16(11)19(14)31)20(32)22(34)21(33)18(13)29(40-15-8-6-10-3-1-2-4-12(10)15)41-28-26(38)24(36)23(35)25(37)27(28)39/h1-8,15H,9H2. The summed E-state index contributed by atoms with van der Waals surface area (Å²) in [7, 11) is -2.49. The molecule has 2 aliphatic rings. The summed E-state index contributed by atoms with van der Waals surface area (Å²) in [6.45, 7) is 0. The van der Waals surface area contributed by atoms with Gasteiger partial charge in [0, 0.05) is 16.6 Å². The zero-order valence-electron chi connectivity index (χ0n) is 20.1. The van der Waals surface area contributed by atoms with E-state index in [9.17, 15) is 35.1 Å². The van der Waals surface area contributed by atoms with E-state index in [1.807, 2.05) is 0 Å². The van der Waals surface area contributed by atoms with Crippen LogP contribution < -0.4 is 10.1 Å². The first kappa shape index (κ1) is 26.9. The van der Waals surface area contributed by atoms with Crippen LogP contribution in [0.1, 0.15) is 28.4 Å². The Morgan fingerprint density at radius 3 is 1.98 bits per heavy atom. The quantitative estimate of drug-likeness (QED) is 0.0948. The average molecular weight is 580 g/mol. The van der Waals surface area contributed by atoms with Crippen molar-refractivity contribution in [1.29, 1.82) is 0 Å². The highest BCUT2D eigenvalue weighted by molar-refractivity contribution is 6.63. The van der Waals surface area contributed by atoms with E-state index in [1.165, 1.54) is 18.2 Å². The molecule has 0 saturated carbocycles. The van der Waals surface area contributed by atoms with Gasteiger partial charge in [-0.2, -0.15) is 8.78 Å². The van der Waals surface area contributed by atoms with E-state index in [-0.39, 0.29) is 5.56 Å². The molecule has 1 unspecified atom stereocenters. The summed E-state index contributed by atoms with van der Waals surface area (Å²) in [6.07, 6.45) is 1.16.